The van der Waals surface area contributed by atoms with Crippen molar-refractivity contribution in [1.82, 2.24) is 5.32 Å². The summed E-state index contributed by atoms with van der Waals surface area (Å²) in [5.74, 6) is 0.533. The highest BCUT2D eigenvalue weighted by Crippen LogP contribution is 2.07. The number of nitrogens with one attached hydrogen (secondary N) is 1. The summed E-state index contributed by atoms with van der Waals surface area (Å²) < 4.78 is 0. The third-order valence-corrected chi connectivity index (χ3v) is 1.62. The fourth-order valence-electron chi connectivity index (χ4n) is 1.03. The molecule has 0 bridgehead atoms. The number of hydrogen-bond donors (Lipinski definition) is 2. The molecule has 0 aromatic carbocycles. The average Bonchev–Trinajstić information content (AvgIpc) is 1.80. The van der Waals surface area contributed by atoms with Gasteiger partial charge in [-0.05, 0) is 12.3 Å². The van der Waals surface area contributed by atoms with Crippen LogP contribution in [-0.2, 0) is 4.79 Å². The summed E-state index contributed by atoms with van der Waals surface area (Å²) >= 11 is 0. The molecule has 1 heterocycles. The molecule has 3 heteroatoms. The molecule has 0 aliphatic carbocycles. The first-order valence-electron chi connectivity index (χ1n) is 3.23. The summed E-state index contributed by atoms with van der Waals surface area (Å²) in [5.41, 5.74) is 5.46. The van der Waals surface area contributed by atoms with E-state index in [4.69, 9.17) is 5.73 Å². The van der Waals surface area contributed by atoms with Gasteiger partial charge in [-0.2, -0.15) is 0 Å². The van der Waals surface area contributed by atoms with Gasteiger partial charge in [-0.15, -0.1) is 0 Å². The van der Waals surface area contributed by atoms with Gasteiger partial charge in [0.25, 0.3) is 0 Å². The zero-order valence-electron chi connectivity index (χ0n) is 5.55. The first-order chi connectivity index (χ1) is 4.20. The molecule has 1 amide bonds. The molecule has 0 aromatic heterocycles. The number of hydrogen-bond acceptors (Lipinski definition) is 2. The second kappa shape index (κ2) is 2.35. The van der Waals surface area contributed by atoms with Crippen LogP contribution in [0.5, 0.6) is 0 Å². The Morgan fingerprint density at radius 2 is 2.44 bits per heavy atom. The Hall–Kier alpha value is -0.570. The molecule has 0 radical (unpaired) electrons. The molecule has 0 spiro atoms. The zero-order chi connectivity index (χ0) is 6.85. The quantitative estimate of drug-likeness (QED) is 0.461. The molecule has 1 aliphatic heterocycles. The van der Waals surface area contributed by atoms with Crippen molar-refractivity contribution in [2.24, 2.45) is 11.7 Å². The smallest absolute Gasteiger partial charge is 0.236 e. The summed E-state index contributed by atoms with van der Waals surface area (Å²) in [6, 6.07) is -0.270. The van der Waals surface area contributed by atoms with Gasteiger partial charge in [-0.1, -0.05) is 6.92 Å². The Morgan fingerprint density at radius 1 is 1.78 bits per heavy atom. The molecule has 2 atom stereocenters. The number of rotatable bonds is 0. The van der Waals surface area contributed by atoms with Crippen molar-refractivity contribution in [3.8, 4) is 0 Å². The third kappa shape index (κ3) is 1.42. The maximum atomic E-state index is 10.7. The van der Waals surface area contributed by atoms with E-state index in [0.29, 0.717) is 5.92 Å². The van der Waals surface area contributed by atoms with E-state index in [2.05, 4.69) is 12.2 Å². The highest BCUT2D eigenvalue weighted by Gasteiger charge is 2.21. The zero-order valence-corrected chi connectivity index (χ0v) is 5.55. The second-order valence-corrected chi connectivity index (χ2v) is 2.69. The predicted octanol–water partition coefficient (Wildman–Crippen LogP) is -0.530. The second-order valence-electron chi connectivity index (χ2n) is 2.69. The van der Waals surface area contributed by atoms with Crippen molar-refractivity contribution in [2.45, 2.75) is 19.4 Å². The van der Waals surface area contributed by atoms with Crippen LogP contribution in [0.3, 0.4) is 0 Å². The Morgan fingerprint density at radius 3 is 2.89 bits per heavy atom. The first kappa shape index (κ1) is 6.55. The van der Waals surface area contributed by atoms with Crippen molar-refractivity contribution in [3.05, 3.63) is 0 Å². The number of amides is 1. The minimum Gasteiger partial charge on any atom is -0.354 e. The van der Waals surface area contributed by atoms with Gasteiger partial charge in [0.2, 0.25) is 5.91 Å². The molecule has 1 saturated heterocycles. The van der Waals surface area contributed by atoms with Gasteiger partial charge < -0.3 is 11.1 Å². The summed E-state index contributed by atoms with van der Waals surface area (Å²) in [4.78, 5) is 10.7. The summed E-state index contributed by atoms with van der Waals surface area (Å²) in [6.45, 7) is 2.87. The monoisotopic (exact) mass is 128 g/mol. The molecule has 9 heavy (non-hydrogen) atoms. The molecule has 0 unspecified atom stereocenters. The highest BCUT2D eigenvalue weighted by atomic mass is 16.2. The fraction of sp³-hybridized carbons (Fsp3) is 0.833. The topological polar surface area (TPSA) is 55.1 Å². The van der Waals surface area contributed by atoms with Crippen LogP contribution in [0.15, 0.2) is 0 Å². The maximum Gasteiger partial charge on any atom is 0.236 e. The van der Waals surface area contributed by atoms with E-state index >= 15 is 0 Å². The van der Waals surface area contributed by atoms with E-state index in [-0.39, 0.29) is 11.9 Å². The van der Waals surface area contributed by atoms with Crippen LogP contribution in [0, 0.1) is 5.92 Å². The van der Waals surface area contributed by atoms with Crippen molar-refractivity contribution in [1.29, 1.82) is 0 Å². The number of nitrogens with two attached hydrogens (primary N) is 1. The summed E-state index contributed by atoms with van der Waals surface area (Å²) in [5, 5.41) is 2.72. The molecule has 1 aliphatic rings. The van der Waals surface area contributed by atoms with E-state index in [1.807, 2.05) is 0 Å². The molecule has 3 N–H and O–H groups in total. The van der Waals surface area contributed by atoms with Gasteiger partial charge >= 0.3 is 0 Å². The minimum atomic E-state index is -0.270. The van der Waals surface area contributed by atoms with E-state index in [1.165, 1.54) is 0 Å². The van der Waals surface area contributed by atoms with Crippen molar-refractivity contribution in [2.75, 3.05) is 6.54 Å². The van der Waals surface area contributed by atoms with Crippen molar-refractivity contribution >= 4 is 5.91 Å². The lowest BCUT2D eigenvalue weighted by molar-refractivity contribution is -0.124. The highest BCUT2D eigenvalue weighted by molar-refractivity contribution is 5.82. The molecule has 0 aromatic rings. The van der Waals surface area contributed by atoms with Crippen LogP contribution < -0.4 is 11.1 Å². The molecule has 1 fully saturated rings. The van der Waals surface area contributed by atoms with E-state index in [9.17, 15) is 4.79 Å². The van der Waals surface area contributed by atoms with Crippen LogP contribution in [0.4, 0.5) is 0 Å². The largest absolute Gasteiger partial charge is 0.354 e. The molecule has 52 valence electrons. The van der Waals surface area contributed by atoms with Gasteiger partial charge in [0, 0.05) is 6.54 Å². The van der Waals surface area contributed by atoms with Gasteiger partial charge in [-0.3, -0.25) is 4.79 Å². The lowest BCUT2D eigenvalue weighted by Gasteiger charge is -2.23. The maximum absolute atomic E-state index is 10.7. The normalized spacial score (nSPS) is 36.0. The van der Waals surface area contributed by atoms with Gasteiger partial charge in [0.05, 0.1) is 6.04 Å². The molecule has 3 nitrogen and oxygen atoms in total. The van der Waals surface area contributed by atoms with Gasteiger partial charge in [-0.25, -0.2) is 0 Å². The number of piperidine rings is 1. The number of carbonyl (C=O) groups excluding carboxylic acids is 1. The van der Waals surface area contributed by atoms with Gasteiger partial charge in [0.1, 0.15) is 0 Å². The fourth-order valence-corrected chi connectivity index (χ4v) is 1.03. The van der Waals surface area contributed by atoms with Crippen molar-refractivity contribution < 1.29 is 4.79 Å². The Balaban J connectivity index is 2.44. The van der Waals surface area contributed by atoms with Crippen LogP contribution >= 0.6 is 0 Å². The summed E-state index contributed by atoms with van der Waals surface area (Å²) in [6.07, 6.45) is 0.825. The lowest BCUT2D eigenvalue weighted by Crippen LogP contribution is -2.48. The Labute approximate surface area is 54.6 Å². The average molecular weight is 128 g/mol. The standard InChI is InChI=1S/C6H12N2O/c1-4-2-5(7)6(9)8-3-4/h4-5H,2-3,7H2,1H3,(H,8,9)/t4-,5-/m1/s1. The van der Waals surface area contributed by atoms with Crippen LogP contribution in [0.2, 0.25) is 0 Å². The summed E-state index contributed by atoms with van der Waals surface area (Å²) in [7, 11) is 0. The van der Waals surface area contributed by atoms with E-state index in [1.54, 1.807) is 0 Å². The van der Waals surface area contributed by atoms with E-state index in [0.717, 1.165) is 13.0 Å². The molecule has 0 saturated carbocycles. The van der Waals surface area contributed by atoms with Crippen LogP contribution in [-0.4, -0.2) is 18.5 Å². The predicted molar refractivity (Wildman–Crippen MR) is 34.8 cm³/mol. The van der Waals surface area contributed by atoms with Gasteiger partial charge in [0.15, 0.2) is 0 Å². The SMILES string of the molecule is C[C@H]1CNC(=O)[C@H](N)C1. The molecule has 1 rings (SSSR count). The van der Waals surface area contributed by atoms with E-state index < -0.39 is 0 Å². The first-order valence-corrected chi connectivity index (χ1v) is 3.23. The Bertz CT molecular complexity index is 124. The van der Waals surface area contributed by atoms with Crippen molar-refractivity contribution in [3.63, 3.8) is 0 Å². The number of carbonyl (C=O) groups is 1. The van der Waals surface area contributed by atoms with Crippen LogP contribution in [0.1, 0.15) is 13.3 Å². The molecular weight excluding hydrogens is 116 g/mol. The Kier molecular flexibility index (Phi) is 1.71. The van der Waals surface area contributed by atoms with Crippen LogP contribution in [0.25, 0.3) is 0 Å². The molecular formula is C6H12N2O. The minimum absolute atomic E-state index is 0.00639. The third-order valence-electron chi connectivity index (χ3n) is 1.62. The lowest BCUT2D eigenvalue weighted by atomic mass is 9.98.